The minimum Gasteiger partial charge on any atom is -0.482 e. The van der Waals surface area contributed by atoms with Crippen molar-refractivity contribution in [2.24, 2.45) is 5.92 Å². The summed E-state index contributed by atoms with van der Waals surface area (Å²) in [6.45, 7) is 0.0782. The number of hydrogen-bond acceptors (Lipinski definition) is 3. The summed E-state index contributed by atoms with van der Waals surface area (Å²) in [5.41, 5.74) is 1.93. The first-order valence-corrected chi connectivity index (χ1v) is 8.38. The predicted molar refractivity (Wildman–Crippen MR) is 93.3 cm³/mol. The van der Waals surface area contributed by atoms with Crippen LogP contribution in [-0.2, 0) is 16.1 Å². The molecule has 0 spiro atoms. The van der Waals surface area contributed by atoms with E-state index in [-0.39, 0.29) is 30.2 Å². The molecule has 2 atom stereocenters. The van der Waals surface area contributed by atoms with Crippen LogP contribution in [-0.4, -0.2) is 35.5 Å². The molecule has 0 aromatic heterocycles. The van der Waals surface area contributed by atoms with Gasteiger partial charge in [0.2, 0.25) is 5.91 Å². The van der Waals surface area contributed by atoms with E-state index in [1.54, 1.807) is 36.2 Å². The van der Waals surface area contributed by atoms with Gasteiger partial charge < -0.3 is 14.7 Å². The number of carbonyl (C=O) groups excluding carboxylic acids is 1. The van der Waals surface area contributed by atoms with E-state index in [0.717, 1.165) is 17.5 Å². The van der Waals surface area contributed by atoms with Gasteiger partial charge in [0, 0.05) is 19.5 Å². The van der Waals surface area contributed by atoms with Crippen LogP contribution in [0.3, 0.4) is 0 Å². The molecular formula is C20H20FNO4. The van der Waals surface area contributed by atoms with Crippen molar-refractivity contribution in [3.63, 3.8) is 0 Å². The van der Waals surface area contributed by atoms with Gasteiger partial charge in [-0.15, -0.1) is 0 Å². The summed E-state index contributed by atoms with van der Waals surface area (Å²) >= 11 is 0. The molecule has 6 heteroatoms. The first kappa shape index (κ1) is 17.9. The molecule has 2 aromatic carbocycles. The van der Waals surface area contributed by atoms with Gasteiger partial charge in [-0.25, -0.2) is 9.18 Å². The van der Waals surface area contributed by atoms with Crippen molar-refractivity contribution in [3.8, 4) is 5.75 Å². The van der Waals surface area contributed by atoms with Crippen LogP contribution in [0.25, 0.3) is 0 Å². The Kier molecular flexibility index (Phi) is 5.21. The van der Waals surface area contributed by atoms with Crippen LogP contribution in [0.2, 0.25) is 0 Å². The van der Waals surface area contributed by atoms with Gasteiger partial charge in [-0.2, -0.15) is 0 Å². The molecule has 3 rings (SSSR count). The van der Waals surface area contributed by atoms with Crippen molar-refractivity contribution in [3.05, 3.63) is 65.5 Å². The number of benzene rings is 2. The lowest BCUT2D eigenvalue weighted by Gasteiger charge is -2.17. The Labute approximate surface area is 151 Å². The zero-order chi connectivity index (χ0) is 18.7. The third-order valence-corrected chi connectivity index (χ3v) is 4.49. The normalized spacial score (nSPS) is 18.2. The first-order valence-electron chi connectivity index (χ1n) is 8.38. The summed E-state index contributed by atoms with van der Waals surface area (Å²) in [6.07, 6.45) is 0.788. The Bertz CT molecular complexity index is 788. The van der Waals surface area contributed by atoms with E-state index in [4.69, 9.17) is 9.84 Å². The van der Waals surface area contributed by atoms with Crippen molar-refractivity contribution < 1.29 is 23.8 Å². The quantitative estimate of drug-likeness (QED) is 0.827. The summed E-state index contributed by atoms with van der Waals surface area (Å²) in [5.74, 6) is -0.639. The summed E-state index contributed by atoms with van der Waals surface area (Å²) in [7, 11) is 1.76. The molecule has 5 nitrogen and oxygen atoms in total. The minimum absolute atomic E-state index is 0.0522. The van der Waals surface area contributed by atoms with Gasteiger partial charge >= 0.3 is 5.97 Å². The highest BCUT2D eigenvalue weighted by molar-refractivity contribution is 5.82. The fourth-order valence-corrected chi connectivity index (χ4v) is 3.02. The Morgan fingerprint density at radius 3 is 2.42 bits per heavy atom. The average molecular weight is 357 g/mol. The molecule has 2 aromatic rings. The molecule has 1 aliphatic carbocycles. The molecule has 0 aliphatic heterocycles. The molecule has 0 bridgehead atoms. The molecule has 1 aliphatic rings. The third kappa shape index (κ3) is 4.39. The van der Waals surface area contributed by atoms with Crippen molar-refractivity contribution in [1.82, 2.24) is 4.90 Å². The van der Waals surface area contributed by atoms with Gasteiger partial charge in [-0.05, 0) is 47.7 Å². The van der Waals surface area contributed by atoms with E-state index in [9.17, 15) is 14.0 Å². The van der Waals surface area contributed by atoms with E-state index in [1.807, 2.05) is 12.1 Å². The SMILES string of the molecule is CN(Cc1ccc(OCC(=O)O)cc1)C(=O)C1CC1c1ccc(F)cc1. The molecule has 1 saturated carbocycles. The topological polar surface area (TPSA) is 66.8 Å². The zero-order valence-corrected chi connectivity index (χ0v) is 14.4. The Morgan fingerprint density at radius 2 is 1.81 bits per heavy atom. The molecule has 1 fully saturated rings. The summed E-state index contributed by atoms with van der Waals surface area (Å²) < 4.78 is 18.1. The number of hydrogen-bond donors (Lipinski definition) is 1. The number of nitrogens with zero attached hydrogens (tertiary/aromatic N) is 1. The molecule has 1 amide bonds. The zero-order valence-electron chi connectivity index (χ0n) is 14.4. The summed E-state index contributed by atoms with van der Waals surface area (Å²) in [5, 5.41) is 8.60. The molecule has 2 unspecified atom stereocenters. The smallest absolute Gasteiger partial charge is 0.341 e. The molecule has 136 valence electrons. The van der Waals surface area contributed by atoms with E-state index >= 15 is 0 Å². The number of carboxylic acids is 1. The third-order valence-electron chi connectivity index (χ3n) is 4.49. The van der Waals surface area contributed by atoms with Crippen LogP contribution in [0.4, 0.5) is 4.39 Å². The van der Waals surface area contributed by atoms with Gasteiger partial charge in [0.25, 0.3) is 0 Å². The molecule has 1 N–H and O–H groups in total. The monoisotopic (exact) mass is 357 g/mol. The van der Waals surface area contributed by atoms with Crippen LogP contribution in [0.5, 0.6) is 5.75 Å². The minimum atomic E-state index is -1.03. The number of halogens is 1. The highest BCUT2D eigenvalue weighted by Gasteiger charge is 2.45. The van der Waals surface area contributed by atoms with Crippen molar-refractivity contribution in [2.75, 3.05) is 13.7 Å². The van der Waals surface area contributed by atoms with E-state index in [0.29, 0.717) is 12.3 Å². The number of amides is 1. The van der Waals surface area contributed by atoms with Crippen molar-refractivity contribution >= 4 is 11.9 Å². The van der Waals surface area contributed by atoms with E-state index in [2.05, 4.69) is 0 Å². The van der Waals surface area contributed by atoms with Crippen molar-refractivity contribution in [1.29, 1.82) is 0 Å². The van der Waals surface area contributed by atoms with Gasteiger partial charge in [-0.1, -0.05) is 24.3 Å². The summed E-state index contributed by atoms with van der Waals surface area (Å²) in [6, 6.07) is 13.3. The lowest BCUT2D eigenvalue weighted by atomic mass is 10.1. The lowest BCUT2D eigenvalue weighted by molar-refractivity contribution is -0.139. The largest absolute Gasteiger partial charge is 0.482 e. The highest BCUT2D eigenvalue weighted by Crippen LogP contribution is 2.48. The van der Waals surface area contributed by atoms with Crippen LogP contribution >= 0.6 is 0 Å². The van der Waals surface area contributed by atoms with Gasteiger partial charge in [0.1, 0.15) is 11.6 Å². The van der Waals surface area contributed by atoms with Crippen LogP contribution in [0, 0.1) is 11.7 Å². The molecular weight excluding hydrogens is 337 g/mol. The van der Waals surface area contributed by atoms with Crippen LogP contribution in [0.1, 0.15) is 23.5 Å². The average Bonchev–Trinajstić information content (AvgIpc) is 3.41. The summed E-state index contributed by atoms with van der Waals surface area (Å²) in [4.78, 5) is 24.7. The second-order valence-corrected chi connectivity index (χ2v) is 6.52. The maximum atomic E-state index is 13.0. The first-order chi connectivity index (χ1) is 12.4. The van der Waals surface area contributed by atoms with E-state index < -0.39 is 5.97 Å². The lowest BCUT2D eigenvalue weighted by Crippen LogP contribution is -2.28. The van der Waals surface area contributed by atoms with Gasteiger partial charge in [-0.3, -0.25) is 4.79 Å². The maximum Gasteiger partial charge on any atom is 0.341 e. The Hall–Kier alpha value is -2.89. The molecule has 26 heavy (non-hydrogen) atoms. The van der Waals surface area contributed by atoms with Crippen LogP contribution < -0.4 is 4.74 Å². The molecule has 0 heterocycles. The number of aliphatic carboxylic acids is 1. The van der Waals surface area contributed by atoms with Crippen molar-refractivity contribution in [2.45, 2.75) is 18.9 Å². The standard InChI is InChI=1S/C20H20FNO4/c1-22(11-13-2-8-16(9-3-13)26-12-19(23)24)20(25)18-10-17(18)14-4-6-15(21)7-5-14/h2-9,17-18H,10-12H2,1H3,(H,23,24). The number of carboxylic acid groups (broad SMARTS) is 1. The molecule has 0 radical (unpaired) electrons. The molecule has 0 saturated heterocycles. The van der Waals surface area contributed by atoms with E-state index in [1.165, 1.54) is 12.1 Å². The van der Waals surface area contributed by atoms with Gasteiger partial charge in [0.05, 0.1) is 0 Å². The highest BCUT2D eigenvalue weighted by atomic mass is 19.1. The maximum absolute atomic E-state index is 13.0. The Morgan fingerprint density at radius 1 is 1.15 bits per heavy atom. The Balaban J connectivity index is 1.53. The fraction of sp³-hybridized carbons (Fsp3) is 0.300. The number of carbonyl (C=O) groups is 2. The fourth-order valence-electron chi connectivity index (χ4n) is 3.02. The predicted octanol–water partition coefficient (Wildman–Crippen LogP) is 3.05. The number of ether oxygens (including phenoxy) is 1. The second-order valence-electron chi connectivity index (χ2n) is 6.52. The van der Waals surface area contributed by atoms with Gasteiger partial charge in [0.15, 0.2) is 6.61 Å². The number of rotatable bonds is 7. The second kappa shape index (κ2) is 7.56. The van der Waals surface area contributed by atoms with Crippen LogP contribution in [0.15, 0.2) is 48.5 Å².